The summed E-state index contributed by atoms with van der Waals surface area (Å²) in [6.07, 6.45) is 0. The van der Waals surface area contributed by atoms with Gasteiger partial charge in [0.1, 0.15) is 11.5 Å². The molecule has 168 valence electrons. The molecule has 8 nitrogen and oxygen atoms in total. The van der Waals surface area contributed by atoms with E-state index < -0.39 is 11.9 Å². The van der Waals surface area contributed by atoms with Crippen LogP contribution >= 0.6 is 0 Å². The topological polar surface area (TPSA) is 99.5 Å². The smallest absolute Gasteiger partial charge is 0.414 e. The molecule has 0 bridgehead atoms. The minimum atomic E-state index is -1.82. The van der Waals surface area contributed by atoms with E-state index in [2.05, 4.69) is 46.2 Å². The number of carboxylic acid groups (broad SMARTS) is 2. The molecule has 31 heavy (non-hydrogen) atoms. The van der Waals surface area contributed by atoms with Crippen molar-refractivity contribution in [3.05, 3.63) is 59.7 Å². The molecule has 2 aromatic rings. The fourth-order valence-electron chi connectivity index (χ4n) is 3.21. The Balaban J connectivity index is 0.000000501. The van der Waals surface area contributed by atoms with Gasteiger partial charge in [0.25, 0.3) is 0 Å². The lowest BCUT2D eigenvalue weighted by atomic mass is 10.1. The van der Waals surface area contributed by atoms with E-state index in [-0.39, 0.29) is 0 Å². The van der Waals surface area contributed by atoms with E-state index in [9.17, 15) is 0 Å². The molecule has 0 spiro atoms. The number of benzene rings is 2. The van der Waals surface area contributed by atoms with Gasteiger partial charge in [-0.2, -0.15) is 0 Å². The van der Waals surface area contributed by atoms with Crippen LogP contribution in [0, 0.1) is 0 Å². The van der Waals surface area contributed by atoms with Gasteiger partial charge in [-0.15, -0.1) is 0 Å². The summed E-state index contributed by atoms with van der Waals surface area (Å²) in [7, 11) is 1.71. The molecule has 1 aliphatic heterocycles. The monoisotopic (exact) mass is 430 g/mol. The van der Waals surface area contributed by atoms with Crippen molar-refractivity contribution in [2.75, 3.05) is 39.9 Å². The molecular formula is C23H30N2O6. The average Bonchev–Trinajstić information content (AvgIpc) is 2.77. The summed E-state index contributed by atoms with van der Waals surface area (Å²) in [6.45, 7) is 9.22. The van der Waals surface area contributed by atoms with Crippen LogP contribution in [-0.4, -0.2) is 71.8 Å². The molecule has 2 N–H and O–H groups in total. The highest BCUT2D eigenvalue weighted by molar-refractivity contribution is 6.27. The predicted molar refractivity (Wildman–Crippen MR) is 116 cm³/mol. The molecule has 1 fully saturated rings. The van der Waals surface area contributed by atoms with Crippen molar-refractivity contribution in [1.82, 2.24) is 9.80 Å². The van der Waals surface area contributed by atoms with Gasteiger partial charge in [-0.25, -0.2) is 9.59 Å². The average molecular weight is 431 g/mol. The molecule has 1 heterocycles. The van der Waals surface area contributed by atoms with Crippen molar-refractivity contribution >= 4 is 11.9 Å². The summed E-state index contributed by atoms with van der Waals surface area (Å²) in [5, 5.41) is 14.8. The lowest BCUT2D eigenvalue weighted by Crippen LogP contribution is -2.45. The van der Waals surface area contributed by atoms with Crippen molar-refractivity contribution < 1.29 is 29.3 Å². The molecule has 0 unspecified atom stereocenters. The molecule has 0 radical (unpaired) electrons. The summed E-state index contributed by atoms with van der Waals surface area (Å²) in [4.78, 5) is 23.3. The Bertz CT molecular complexity index is 803. The SMILES string of the molecule is CCOc1ccc(CN2CCN(Cc3ccc(OC)cc3)CC2)cc1.O=C(O)C(=O)O. The summed E-state index contributed by atoms with van der Waals surface area (Å²) < 4.78 is 10.7. The molecular weight excluding hydrogens is 400 g/mol. The third kappa shape index (κ3) is 8.65. The van der Waals surface area contributed by atoms with Gasteiger partial charge in [-0.3, -0.25) is 9.80 Å². The maximum atomic E-state index is 9.10. The van der Waals surface area contributed by atoms with Crippen LogP contribution in [0.4, 0.5) is 0 Å². The highest BCUT2D eigenvalue weighted by Gasteiger charge is 2.17. The maximum absolute atomic E-state index is 9.10. The van der Waals surface area contributed by atoms with E-state index in [1.54, 1.807) is 7.11 Å². The van der Waals surface area contributed by atoms with Crippen molar-refractivity contribution in [3.63, 3.8) is 0 Å². The van der Waals surface area contributed by atoms with E-state index in [0.29, 0.717) is 0 Å². The zero-order valence-corrected chi connectivity index (χ0v) is 18.0. The zero-order valence-electron chi connectivity index (χ0n) is 18.0. The molecule has 0 amide bonds. The van der Waals surface area contributed by atoms with Gasteiger partial charge in [0.05, 0.1) is 13.7 Å². The highest BCUT2D eigenvalue weighted by atomic mass is 16.5. The number of piperazine rings is 1. The number of aliphatic carboxylic acids is 2. The van der Waals surface area contributed by atoms with Gasteiger partial charge in [0.2, 0.25) is 0 Å². The van der Waals surface area contributed by atoms with Crippen LogP contribution in [-0.2, 0) is 22.7 Å². The van der Waals surface area contributed by atoms with Gasteiger partial charge in [0, 0.05) is 39.3 Å². The molecule has 3 rings (SSSR count). The van der Waals surface area contributed by atoms with Crippen molar-refractivity contribution in [2.45, 2.75) is 20.0 Å². The minimum absolute atomic E-state index is 0.718. The maximum Gasteiger partial charge on any atom is 0.414 e. The zero-order chi connectivity index (χ0) is 22.6. The lowest BCUT2D eigenvalue weighted by molar-refractivity contribution is -0.159. The number of carboxylic acids is 2. The number of carbonyl (C=O) groups is 2. The molecule has 0 saturated carbocycles. The first-order chi connectivity index (χ1) is 14.9. The molecule has 1 aliphatic rings. The van der Waals surface area contributed by atoms with Crippen LogP contribution < -0.4 is 9.47 Å². The van der Waals surface area contributed by atoms with Crippen LogP contribution in [0.5, 0.6) is 11.5 Å². The fraction of sp³-hybridized carbons (Fsp3) is 0.391. The van der Waals surface area contributed by atoms with Gasteiger partial charge >= 0.3 is 11.9 Å². The van der Waals surface area contributed by atoms with Crippen molar-refractivity contribution in [2.24, 2.45) is 0 Å². The van der Waals surface area contributed by atoms with Crippen LogP contribution in [0.3, 0.4) is 0 Å². The Kier molecular flexibility index (Phi) is 9.80. The molecule has 8 heteroatoms. The highest BCUT2D eigenvalue weighted by Crippen LogP contribution is 2.16. The Morgan fingerprint density at radius 1 is 0.774 bits per heavy atom. The number of rotatable bonds is 7. The second kappa shape index (κ2) is 12.6. The summed E-state index contributed by atoms with van der Waals surface area (Å²) in [5.41, 5.74) is 2.70. The predicted octanol–water partition coefficient (Wildman–Crippen LogP) is 2.57. The van der Waals surface area contributed by atoms with Crippen molar-refractivity contribution in [3.8, 4) is 11.5 Å². The second-order valence-electron chi connectivity index (χ2n) is 7.09. The van der Waals surface area contributed by atoms with Gasteiger partial charge in [-0.05, 0) is 42.3 Å². The van der Waals surface area contributed by atoms with Gasteiger partial charge in [0.15, 0.2) is 0 Å². The standard InChI is InChI=1S/C21H28N2O2.C2H2O4/c1-3-25-21-10-6-19(7-11-21)17-23-14-12-22(13-15-23)16-18-4-8-20(24-2)9-5-18;3-1(4)2(5)6/h4-11H,3,12-17H2,1-2H3;(H,3,4)(H,5,6). The van der Waals surface area contributed by atoms with Gasteiger partial charge in [-0.1, -0.05) is 24.3 Å². The molecule has 0 aliphatic carbocycles. The minimum Gasteiger partial charge on any atom is -0.497 e. The number of ether oxygens (including phenoxy) is 2. The first-order valence-corrected chi connectivity index (χ1v) is 10.2. The van der Waals surface area contributed by atoms with E-state index in [1.165, 1.54) is 11.1 Å². The van der Waals surface area contributed by atoms with Crippen LogP contribution in [0.1, 0.15) is 18.1 Å². The quantitative estimate of drug-likeness (QED) is 0.647. The van der Waals surface area contributed by atoms with E-state index in [0.717, 1.165) is 57.4 Å². The Morgan fingerprint density at radius 2 is 1.16 bits per heavy atom. The van der Waals surface area contributed by atoms with Crippen LogP contribution in [0.2, 0.25) is 0 Å². The first kappa shape index (κ1) is 24.2. The molecule has 1 saturated heterocycles. The second-order valence-corrected chi connectivity index (χ2v) is 7.09. The number of hydrogen-bond acceptors (Lipinski definition) is 6. The van der Waals surface area contributed by atoms with Crippen LogP contribution in [0.25, 0.3) is 0 Å². The lowest BCUT2D eigenvalue weighted by Gasteiger charge is -2.34. The number of hydrogen-bond donors (Lipinski definition) is 2. The third-order valence-electron chi connectivity index (χ3n) is 4.85. The molecule has 0 aromatic heterocycles. The van der Waals surface area contributed by atoms with Gasteiger partial charge < -0.3 is 19.7 Å². The Morgan fingerprint density at radius 3 is 1.48 bits per heavy atom. The fourth-order valence-corrected chi connectivity index (χ4v) is 3.21. The van der Waals surface area contributed by atoms with Crippen LogP contribution in [0.15, 0.2) is 48.5 Å². The third-order valence-corrected chi connectivity index (χ3v) is 4.85. The molecule has 2 aromatic carbocycles. The summed E-state index contributed by atoms with van der Waals surface area (Å²) >= 11 is 0. The molecule has 0 atom stereocenters. The summed E-state index contributed by atoms with van der Waals surface area (Å²) in [5.74, 6) is -1.77. The Hall–Kier alpha value is -3.10. The number of methoxy groups -OCH3 is 1. The normalized spacial score (nSPS) is 14.3. The van der Waals surface area contributed by atoms with E-state index in [4.69, 9.17) is 29.3 Å². The van der Waals surface area contributed by atoms with E-state index in [1.807, 2.05) is 19.1 Å². The summed E-state index contributed by atoms with van der Waals surface area (Å²) in [6, 6.07) is 16.9. The van der Waals surface area contributed by atoms with Crippen molar-refractivity contribution in [1.29, 1.82) is 0 Å². The largest absolute Gasteiger partial charge is 0.497 e. The van der Waals surface area contributed by atoms with E-state index >= 15 is 0 Å². The number of nitrogens with zero attached hydrogens (tertiary/aromatic N) is 2. The Labute approximate surface area is 182 Å². The first-order valence-electron chi connectivity index (χ1n) is 10.2.